The third-order valence-corrected chi connectivity index (χ3v) is 3.71. The highest BCUT2D eigenvalue weighted by atomic mass is 79.9. The molecule has 1 aliphatic heterocycles. The van der Waals surface area contributed by atoms with Crippen LogP contribution in [0.2, 0.25) is 0 Å². The maximum absolute atomic E-state index is 11.7. The number of hydrogen-bond donors (Lipinski definition) is 2. The van der Waals surface area contributed by atoms with Crippen LogP contribution in [-0.4, -0.2) is 48.9 Å². The molecule has 1 heterocycles. The second-order valence-corrected chi connectivity index (χ2v) is 5.74. The lowest BCUT2D eigenvalue weighted by Gasteiger charge is -2.12. The molecule has 1 fully saturated rings. The van der Waals surface area contributed by atoms with Crippen LogP contribution >= 0.6 is 15.9 Å². The number of carbonyl (C=O) groups is 1. The normalized spacial score (nSPS) is 15.5. The van der Waals surface area contributed by atoms with Gasteiger partial charge in [-0.3, -0.25) is 9.69 Å². The predicted octanol–water partition coefficient (Wildman–Crippen LogP) is 1.71. The number of benzene rings is 1. The van der Waals surface area contributed by atoms with Gasteiger partial charge in [0.25, 0.3) is 5.91 Å². The van der Waals surface area contributed by atoms with Gasteiger partial charge < -0.3 is 9.84 Å². The zero-order valence-electron chi connectivity index (χ0n) is 11.8. The lowest BCUT2D eigenvalue weighted by atomic mass is 10.2. The van der Waals surface area contributed by atoms with Crippen molar-refractivity contribution in [2.24, 2.45) is 5.10 Å². The molecule has 1 aromatic rings. The van der Waals surface area contributed by atoms with E-state index >= 15 is 0 Å². The average molecular weight is 356 g/mol. The van der Waals surface area contributed by atoms with Crippen molar-refractivity contribution in [3.8, 4) is 11.5 Å². The summed E-state index contributed by atoms with van der Waals surface area (Å²) < 4.78 is 5.80. The van der Waals surface area contributed by atoms with Gasteiger partial charge in [-0.05, 0) is 38.1 Å². The van der Waals surface area contributed by atoms with E-state index in [4.69, 9.17) is 4.74 Å². The number of nitrogens with zero attached hydrogens (tertiary/aromatic N) is 2. The molecular weight excluding hydrogens is 338 g/mol. The van der Waals surface area contributed by atoms with Crippen molar-refractivity contribution >= 4 is 28.1 Å². The predicted molar refractivity (Wildman–Crippen MR) is 83.8 cm³/mol. The molecule has 2 N–H and O–H groups in total. The molecule has 0 aromatic heterocycles. The van der Waals surface area contributed by atoms with E-state index < -0.39 is 0 Å². The Morgan fingerprint density at radius 1 is 1.52 bits per heavy atom. The quantitative estimate of drug-likeness (QED) is 0.622. The number of halogens is 1. The van der Waals surface area contributed by atoms with E-state index in [1.54, 1.807) is 12.1 Å². The highest BCUT2D eigenvalue weighted by Crippen LogP contribution is 2.32. The molecule has 114 valence electrons. The maximum Gasteiger partial charge on any atom is 0.254 e. The van der Waals surface area contributed by atoms with Crippen LogP contribution in [0.25, 0.3) is 0 Å². The van der Waals surface area contributed by atoms with Crippen molar-refractivity contribution in [3.05, 3.63) is 22.2 Å². The zero-order chi connectivity index (χ0) is 15.2. The fraction of sp³-hybridized carbons (Fsp3) is 0.429. The Labute approximate surface area is 131 Å². The minimum absolute atomic E-state index is 0.0155. The number of carbonyl (C=O) groups excluding carboxylic acids is 1. The first-order valence-electron chi connectivity index (χ1n) is 6.71. The second kappa shape index (κ2) is 7.42. The number of rotatable bonds is 5. The summed E-state index contributed by atoms with van der Waals surface area (Å²) in [6.45, 7) is 2.27. The lowest BCUT2D eigenvalue weighted by molar-refractivity contribution is -0.121. The highest BCUT2D eigenvalue weighted by molar-refractivity contribution is 9.10. The number of hydrogen-bond acceptors (Lipinski definition) is 5. The molecule has 0 atom stereocenters. The van der Waals surface area contributed by atoms with Crippen LogP contribution in [0.3, 0.4) is 0 Å². The summed E-state index contributed by atoms with van der Waals surface area (Å²) in [5.74, 6) is 0.169. The number of phenols is 1. The SMILES string of the molecule is COc1cc(Br)cc(/C=N\NC(=O)CN2CCCC2)c1O. The number of nitrogens with one attached hydrogen (secondary N) is 1. The molecule has 0 saturated carbocycles. The Hall–Kier alpha value is -1.60. The van der Waals surface area contributed by atoms with E-state index in [1.807, 2.05) is 0 Å². The third kappa shape index (κ3) is 4.44. The Kier molecular flexibility index (Phi) is 5.58. The number of ether oxygens (including phenoxy) is 1. The Bertz CT molecular complexity index is 543. The molecule has 1 aromatic carbocycles. The largest absolute Gasteiger partial charge is 0.504 e. The maximum atomic E-state index is 11.7. The van der Waals surface area contributed by atoms with Gasteiger partial charge in [-0.1, -0.05) is 15.9 Å². The molecule has 0 spiro atoms. The minimum atomic E-state index is -0.158. The fourth-order valence-electron chi connectivity index (χ4n) is 2.20. The summed E-state index contributed by atoms with van der Waals surface area (Å²) in [6.07, 6.45) is 3.68. The first-order valence-corrected chi connectivity index (χ1v) is 7.50. The van der Waals surface area contributed by atoms with Crippen LogP contribution in [0, 0.1) is 0 Å². The van der Waals surface area contributed by atoms with Crippen molar-refractivity contribution in [3.63, 3.8) is 0 Å². The first-order chi connectivity index (χ1) is 10.1. The Balaban J connectivity index is 1.94. The van der Waals surface area contributed by atoms with Crippen LogP contribution in [-0.2, 0) is 4.79 Å². The monoisotopic (exact) mass is 355 g/mol. The third-order valence-electron chi connectivity index (χ3n) is 3.25. The van der Waals surface area contributed by atoms with E-state index in [2.05, 4.69) is 31.4 Å². The van der Waals surface area contributed by atoms with Gasteiger partial charge in [-0.25, -0.2) is 5.43 Å². The van der Waals surface area contributed by atoms with Gasteiger partial charge in [0, 0.05) is 10.0 Å². The van der Waals surface area contributed by atoms with Gasteiger partial charge in [-0.15, -0.1) is 0 Å². The molecule has 1 amide bonds. The second-order valence-electron chi connectivity index (χ2n) is 4.82. The topological polar surface area (TPSA) is 74.2 Å². The fourth-order valence-corrected chi connectivity index (χ4v) is 2.66. The Morgan fingerprint density at radius 3 is 2.90 bits per heavy atom. The zero-order valence-corrected chi connectivity index (χ0v) is 13.4. The van der Waals surface area contributed by atoms with Crippen molar-refractivity contribution in [1.29, 1.82) is 0 Å². The number of hydrazone groups is 1. The van der Waals surface area contributed by atoms with E-state index in [9.17, 15) is 9.90 Å². The first kappa shape index (κ1) is 15.8. The molecule has 0 bridgehead atoms. The van der Waals surface area contributed by atoms with Gasteiger partial charge in [0.1, 0.15) is 0 Å². The van der Waals surface area contributed by atoms with Crippen LogP contribution in [0.15, 0.2) is 21.7 Å². The standard InChI is InChI=1S/C14H18BrN3O3/c1-21-12-7-11(15)6-10(14(12)20)8-16-17-13(19)9-18-4-2-3-5-18/h6-8,20H,2-5,9H2,1H3,(H,17,19)/b16-8-. The van der Waals surface area contributed by atoms with Gasteiger partial charge in [0.2, 0.25) is 0 Å². The molecule has 7 heteroatoms. The van der Waals surface area contributed by atoms with Gasteiger partial charge in [0.05, 0.1) is 19.9 Å². The summed E-state index contributed by atoms with van der Waals surface area (Å²) in [6, 6.07) is 3.34. The van der Waals surface area contributed by atoms with Crippen LogP contribution in [0.4, 0.5) is 0 Å². The molecule has 1 aliphatic rings. The smallest absolute Gasteiger partial charge is 0.254 e. The molecule has 0 aliphatic carbocycles. The number of amides is 1. The van der Waals surface area contributed by atoms with Crippen LogP contribution < -0.4 is 10.2 Å². The molecule has 21 heavy (non-hydrogen) atoms. The van der Waals surface area contributed by atoms with Crippen molar-refractivity contribution < 1.29 is 14.6 Å². The van der Waals surface area contributed by atoms with E-state index in [0.717, 1.165) is 30.4 Å². The molecule has 0 radical (unpaired) electrons. The van der Waals surface area contributed by atoms with E-state index in [0.29, 0.717) is 17.9 Å². The number of likely N-dealkylation sites (tertiary alicyclic amines) is 1. The average Bonchev–Trinajstić information content (AvgIpc) is 2.95. The molecule has 6 nitrogen and oxygen atoms in total. The summed E-state index contributed by atoms with van der Waals surface area (Å²) in [5.41, 5.74) is 2.92. The van der Waals surface area contributed by atoms with Crippen molar-refractivity contribution in [2.75, 3.05) is 26.7 Å². The molecule has 2 rings (SSSR count). The van der Waals surface area contributed by atoms with Gasteiger partial charge >= 0.3 is 0 Å². The van der Waals surface area contributed by atoms with Crippen molar-refractivity contribution in [2.45, 2.75) is 12.8 Å². The lowest BCUT2D eigenvalue weighted by Crippen LogP contribution is -2.33. The highest BCUT2D eigenvalue weighted by Gasteiger charge is 2.14. The van der Waals surface area contributed by atoms with E-state index in [-0.39, 0.29) is 11.7 Å². The van der Waals surface area contributed by atoms with Gasteiger partial charge in [0.15, 0.2) is 11.5 Å². The van der Waals surface area contributed by atoms with Crippen LogP contribution in [0.1, 0.15) is 18.4 Å². The van der Waals surface area contributed by atoms with Crippen molar-refractivity contribution in [1.82, 2.24) is 10.3 Å². The summed E-state index contributed by atoms with van der Waals surface area (Å²) in [7, 11) is 1.47. The Morgan fingerprint density at radius 2 is 2.24 bits per heavy atom. The molecule has 0 unspecified atom stereocenters. The molecular formula is C14H18BrN3O3. The number of aromatic hydroxyl groups is 1. The number of phenolic OH excluding ortho intramolecular Hbond substituents is 1. The minimum Gasteiger partial charge on any atom is -0.504 e. The van der Waals surface area contributed by atoms with E-state index in [1.165, 1.54) is 13.3 Å². The summed E-state index contributed by atoms with van der Waals surface area (Å²) in [5, 5.41) is 13.8. The number of methoxy groups -OCH3 is 1. The summed E-state index contributed by atoms with van der Waals surface area (Å²) in [4.78, 5) is 13.8. The van der Waals surface area contributed by atoms with Crippen LogP contribution in [0.5, 0.6) is 11.5 Å². The molecule has 1 saturated heterocycles. The summed E-state index contributed by atoms with van der Waals surface area (Å²) >= 11 is 3.32. The van der Waals surface area contributed by atoms with Gasteiger partial charge in [-0.2, -0.15) is 5.10 Å².